The van der Waals surface area contributed by atoms with Crippen LogP contribution < -0.4 is 4.90 Å². The number of aromatic nitrogens is 3. The van der Waals surface area contributed by atoms with Gasteiger partial charge < -0.3 is 0 Å². The zero-order chi connectivity index (χ0) is 22.6. The summed E-state index contributed by atoms with van der Waals surface area (Å²) in [6.07, 6.45) is 3.58. The number of anilines is 1. The number of fused-ring (bicyclic) bond motifs is 1. The smallest absolute Gasteiger partial charge is 0.240 e. The van der Waals surface area contributed by atoms with E-state index in [-0.39, 0.29) is 11.7 Å². The van der Waals surface area contributed by atoms with Gasteiger partial charge in [0.15, 0.2) is 5.13 Å². The van der Waals surface area contributed by atoms with E-state index in [9.17, 15) is 9.18 Å². The Morgan fingerprint density at radius 3 is 2.30 bits per heavy atom. The first-order chi connectivity index (χ1) is 16.2. The summed E-state index contributed by atoms with van der Waals surface area (Å²) in [5.41, 5.74) is 2.49. The van der Waals surface area contributed by atoms with Crippen molar-refractivity contribution in [2.24, 2.45) is 0 Å². The maximum Gasteiger partial charge on any atom is 0.240 e. The maximum absolute atomic E-state index is 14.1. The number of rotatable bonds is 7. The molecular formula is C26H21FN4OS. The van der Waals surface area contributed by atoms with Crippen LogP contribution in [0.15, 0.2) is 97.3 Å². The van der Waals surface area contributed by atoms with Crippen molar-refractivity contribution in [3.05, 3.63) is 114 Å². The van der Waals surface area contributed by atoms with Crippen LogP contribution in [0.2, 0.25) is 0 Å². The Kier molecular flexibility index (Phi) is 5.95. The highest BCUT2D eigenvalue weighted by Crippen LogP contribution is 2.33. The number of thiazole rings is 1. The van der Waals surface area contributed by atoms with Gasteiger partial charge >= 0.3 is 0 Å². The van der Waals surface area contributed by atoms with Crippen LogP contribution in [0.5, 0.6) is 0 Å². The lowest BCUT2D eigenvalue weighted by atomic mass is 9.90. The minimum absolute atomic E-state index is 0.0842. The molecule has 2 heterocycles. The monoisotopic (exact) mass is 456 g/mol. The molecule has 0 radical (unpaired) electrons. The van der Waals surface area contributed by atoms with Crippen LogP contribution in [0.1, 0.15) is 17.0 Å². The number of hydrogen-bond acceptors (Lipinski definition) is 4. The van der Waals surface area contributed by atoms with Gasteiger partial charge in [0.25, 0.3) is 0 Å². The van der Waals surface area contributed by atoms with Gasteiger partial charge in [0.1, 0.15) is 5.82 Å². The summed E-state index contributed by atoms with van der Waals surface area (Å²) in [6.45, 7) is 0.901. The van der Waals surface area contributed by atoms with E-state index in [1.807, 2.05) is 72.9 Å². The fourth-order valence-corrected chi connectivity index (χ4v) is 4.88. The van der Waals surface area contributed by atoms with E-state index in [1.165, 1.54) is 23.5 Å². The predicted octanol–water partition coefficient (Wildman–Crippen LogP) is 5.50. The molecule has 0 saturated carbocycles. The number of amides is 1. The molecule has 0 aliphatic rings. The van der Waals surface area contributed by atoms with Gasteiger partial charge in [-0.1, -0.05) is 72.0 Å². The first-order valence-electron chi connectivity index (χ1n) is 10.6. The highest BCUT2D eigenvalue weighted by atomic mass is 32.1. The van der Waals surface area contributed by atoms with Crippen LogP contribution in [0.4, 0.5) is 9.52 Å². The number of hydrogen-bond donors (Lipinski definition) is 0. The first kappa shape index (κ1) is 21.0. The third-order valence-corrected chi connectivity index (χ3v) is 6.50. The summed E-state index contributed by atoms with van der Waals surface area (Å²) in [4.78, 5) is 20.5. The van der Waals surface area contributed by atoms with Gasteiger partial charge in [0.05, 0.1) is 22.7 Å². The van der Waals surface area contributed by atoms with Gasteiger partial charge in [-0.15, -0.1) is 0 Å². The van der Waals surface area contributed by atoms with Crippen molar-refractivity contribution >= 4 is 32.6 Å². The zero-order valence-corrected chi connectivity index (χ0v) is 18.5. The maximum atomic E-state index is 14.1. The van der Waals surface area contributed by atoms with E-state index in [2.05, 4.69) is 10.1 Å². The topological polar surface area (TPSA) is 51.0 Å². The molecule has 0 fully saturated rings. The summed E-state index contributed by atoms with van der Waals surface area (Å²) in [6, 6.07) is 25.8. The van der Waals surface area contributed by atoms with Gasteiger partial charge in [0.2, 0.25) is 5.91 Å². The van der Waals surface area contributed by atoms with Crippen molar-refractivity contribution in [1.82, 2.24) is 14.8 Å². The molecule has 0 atom stereocenters. The van der Waals surface area contributed by atoms with Crippen molar-refractivity contribution in [3.63, 3.8) is 0 Å². The van der Waals surface area contributed by atoms with E-state index >= 15 is 0 Å². The molecule has 5 nitrogen and oxygen atoms in total. The minimum atomic E-state index is -0.492. The molecule has 0 N–H and O–H groups in total. The fourth-order valence-electron chi connectivity index (χ4n) is 3.86. The molecule has 0 unspecified atom stereocenters. The molecule has 0 saturated heterocycles. The molecule has 0 bridgehead atoms. The van der Waals surface area contributed by atoms with Gasteiger partial charge in [0, 0.05) is 18.9 Å². The Hall–Kier alpha value is -3.84. The largest absolute Gasteiger partial charge is 0.285 e. The lowest BCUT2D eigenvalue weighted by molar-refractivity contribution is -0.119. The van der Waals surface area contributed by atoms with Gasteiger partial charge in [-0.3, -0.25) is 14.4 Å². The van der Waals surface area contributed by atoms with Crippen molar-refractivity contribution in [1.29, 1.82) is 0 Å². The minimum Gasteiger partial charge on any atom is -0.285 e. The van der Waals surface area contributed by atoms with Crippen molar-refractivity contribution in [2.45, 2.75) is 12.5 Å². The number of halogens is 1. The molecule has 33 heavy (non-hydrogen) atoms. The average molecular weight is 457 g/mol. The molecular weight excluding hydrogens is 435 g/mol. The molecule has 2 aromatic heterocycles. The van der Waals surface area contributed by atoms with Gasteiger partial charge in [-0.05, 0) is 35.4 Å². The van der Waals surface area contributed by atoms with Crippen LogP contribution in [-0.2, 0) is 11.3 Å². The van der Waals surface area contributed by atoms with Crippen molar-refractivity contribution in [3.8, 4) is 0 Å². The molecule has 5 aromatic rings. The molecule has 7 heteroatoms. The van der Waals surface area contributed by atoms with Gasteiger partial charge in [-0.25, -0.2) is 9.37 Å². The highest BCUT2D eigenvalue weighted by molar-refractivity contribution is 7.22. The summed E-state index contributed by atoms with van der Waals surface area (Å²) in [5.74, 6) is -0.897. The van der Waals surface area contributed by atoms with Crippen LogP contribution in [-0.4, -0.2) is 27.2 Å². The summed E-state index contributed by atoms with van der Waals surface area (Å²) in [7, 11) is 0. The summed E-state index contributed by atoms with van der Waals surface area (Å²) in [5, 5.41) is 4.81. The summed E-state index contributed by atoms with van der Waals surface area (Å²) >= 11 is 1.32. The quantitative estimate of drug-likeness (QED) is 0.325. The van der Waals surface area contributed by atoms with Crippen molar-refractivity contribution < 1.29 is 9.18 Å². The Morgan fingerprint density at radius 1 is 0.970 bits per heavy atom. The summed E-state index contributed by atoms with van der Waals surface area (Å²) < 4.78 is 16.3. The van der Waals surface area contributed by atoms with E-state index in [4.69, 9.17) is 0 Å². The third kappa shape index (κ3) is 4.54. The van der Waals surface area contributed by atoms with E-state index < -0.39 is 5.92 Å². The fraction of sp³-hybridized carbons (Fsp3) is 0.115. The predicted molar refractivity (Wildman–Crippen MR) is 129 cm³/mol. The first-order valence-corrected chi connectivity index (χ1v) is 11.5. The van der Waals surface area contributed by atoms with E-state index in [1.54, 1.807) is 21.8 Å². The Bertz CT molecular complexity index is 1310. The lowest BCUT2D eigenvalue weighted by Gasteiger charge is -2.26. The number of carbonyl (C=O) groups is 1. The van der Waals surface area contributed by atoms with Crippen LogP contribution in [0.25, 0.3) is 10.2 Å². The molecule has 0 aliphatic heterocycles. The molecule has 0 spiro atoms. The molecule has 164 valence electrons. The zero-order valence-electron chi connectivity index (χ0n) is 17.7. The Labute approximate surface area is 194 Å². The van der Waals surface area contributed by atoms with Crippen LogP contribution in [0.3, 0.4) is 0 Å². The Balaban J connectivity index is 1.57. The number of carbonyl (C=O) groups excluding carboxylic acids is 1. The number of nitrogens with zero attached hydrogens (tertiary/aromatic N) is 4. The molecule has 0 aliphatic carbocycles. The highest BCUT2D eigenvalue weighted by Gasteiger charge is 2.30. The second-order valence-electron chi connectivity index (χ2n) is 7.62. The Morgan fingerprint density at radius 2 is 1.67 bits per heavy atom. The third-order valence-electron chi connectivity index (χ3n) is 5.46. The molecule has 5 rings (SSSR count). The van der Waals surface area contributed by atoms with Crippen LogP contribution >= 0.6 is 11.3 Å². The lowest BCUT2D eigenvalue weighted by Crippen LogP contribution is -2.38. The SMILES string of the molecule is O=C(C(c1ccccc1)c1ccccc1)N(CCn1cccn1)c1nc2ccc(F)cc2s1. The second kappa shape index (κ2) is 9.34. The molecule has 1 amide bonds. The van der Waals surface area contributed by atoms with Gasteiger partial charge in [-0.2, -0.15) is 5.10 Å². The normalized spacial score (nSPS) is 11.2. The average Bonchev–Trinajstić information content (AvgIpc) is 3.50. The van der Waals surface area contributed by atoms with E-state index in [0.29, 0.717) is 28.4 Å². The number of benzene rings is 3. The molecule has 3 aromatic carbocycles. The van der Waals surface area contributed by atoms with E-state index in [0.717, 1.165) is 11.1 Å². The van der Waals surface area contributed by atoms with Crippen LogP contribution in [0, 0.1) is 5.82 Å². The standard InChI is InChI=1S/C26H21FN4OS/c27-21-12-13-22-23(18-21)33-26(29-22)31(17-16-30-15-7-14-28-30)25(32)24(19-8-3-1-4-9-19)20-10-5-2-6-11-20/h1-15,18,24H,16-17H2. The second-order valence-corrected chi connectivity index (χ2v) is 8.63. The van der Waals surface area contributed by atoms with Crippen molar-refractivity contribution in [2.75, 3.05) is 11.4 Å².